The van der Waals surface area contributed by atoms with E-state index in [9.17, 15) is 8.42 Å². The molecule has 0 aliphatic carbocycles. The van der Waals surface area contributed by atoms with Crippen molar-refractivity contribution in [3.05, 3.63) is 8.86 Å². The Morgan fingerprint density at radius 1 is 1.50 bits per heavy atom. The first-order valence-electron chi connectivity index (χ1n) is 4.06. The Hall–Kier alpha value is 0.360. The van der Waals surface area contributed by atoms with Crippen LogP contribution in [-0.4, -0.2) is 23.9 Å². The maximum Gasteiger partial charge on any atom is 0.224 e. The molecular formula is C7H9Cl3N2O2S2. The van der Waals surface area contributed by atoms with Crippen molar-refractivity contribution >= 4 is 56.8 Å². The molecule has 0 bridgehead atoms. The Morgan fingerprint density at radius 2 is 2.00 bits per heavy atom. The molecule has 0 aromatic carbocycles. The molecule has 0 saturated heterocycles. The van der Waals surface area contributed by atoms with Crippen LogP contribution in [-0.2, 0) is 10.0 Å². The molecule has 0 radical (unpaired) electrons. The molecule has 0 amide bonds. The van der Waals surface area contributed by atoms with E-state index in [1.165, 1.54) is 13.8 Å². The van der Waals surface area contributed by atoms with Gasteiger partial charge in [-0.25, -0.2) is 8.42 Å². The summed E-state index contributed by atoms with van der Waals surface area (Å²) in [6, 6.07) is 0.944. The van der Waals surface area contributed by atoms with Gasteiger partial charge in [0.15, 0.2) is 0 Å². The molecule has 0 heterocycles. The molecule has 16 heavy (non-hydrogen) atoms. The Labute approximate surface area is 114 Å². The third-order valence-electron chi connectivity index (χ3n) is 1.46. The zero-order chi connectivity index (χ0) is 12.9. The zero-order valence-corrected chi connectivity index (χ0v) is 12.3. The molecule has 0 fully saturated rings. The first kappa shape index (κ1) is 16.4. The van der Waals surface area contributed by atoms with Crippen LogP contribution in [0.5, 0.6) is 0 Å². The predicted molar refractivity (Wildman–Crippen MR) is 68.6 cm³/mol. The molecule has 0 rings (SSSR count). The Balaban J connectivity index is 5.17. The first-order valence-corrected chi connectivity index (χ1v) is 7.58. The second kappa shape index (κ2) is 6.94. The lowest BCUT2D eigenvalue weighted by Crippen LogP contribution is -2.33. The fourth-order valence-corrected chi connectivity index (χ4v) is 3.43. The largest absolute Gasteiger partial charge is 0.224 e. The van der Waals surface area contributed by atoms with E-state index >= 15 is 0 Å². The Bertz CT molecular complexity index is 412. The molecule has 0 aromatic heterocycles. The molecule has 1 unspecified atom stereocenters. The van der Waals surface area contributed by atoms with E-state index in [4.69, 9.17) is 40.1 Å². The molecular weight excluding hydrogens is 315 g/mol. The fraction of sp³-hybridized carbons (Fsp3) is 0.571. The molecule has 0 aromatic rings. The summed E-state index contributed by atoms with van der Waals surface area (Å²) < 4.78 is 23.8. The van der Waals surface area contributed by atoms with Gasteiger partial charge in [0.05, 0.1) is 11.8 Å². The Kier molecular flexibility index (Phi) is 7.10. The van der Waals surface area contributed by atoms with Gasteiger partial charge in [0.25, 0.3) is 0 Å². The highest BCUT2D eigenvalue weighted by molar-refractivity contribution is 8.11. The zero-order valence-electron chi connectivity index (χ0n) is 8.45. The summed E-state index contributed by atoms with van der Waals surface area (Å²) in [4.78, 5) is 0. The van der Waals surface area contributed by atoms with Gasteiger partial charge >= 0.3 is 0 Å². The SMILES string of the molecule is CCS(=O)(=O)N(SC(Cl)=C(Cl)Cl)C(C)C#N. The average Bonchev–Trinajstić information content (AvgIpc) is 2.23. The standard InChI is InChI=1S/C7H9Cl3N2O2S2/c1-3-16(13,14)12(5(2)4-11)15-7(10)6(8)9/h5H,3H2,1-2H3. The second-order valence-corrected chi connectivity index (χ2v) is 7.49. The van der Waals surface area contributed by atoms with E-state index < -0.39 is 16.1 Å². The van der Waals surface area contributed by atoms with Gasteiger partial charge in [0.2, 0.25) is 10.0 Å². The second-order valence-electron chi connectivity index (χ2n) is 2.59. The van der Waals surface area contributed by atoms with Crippen LogP contribution in [0.25, 0.3) is 0 Å². The highest BCUT2D eigenvalue weighted by Crippen LogP contribution is 2.34. The van der Waals surface area contributed by atoms with Crippen molar-refractivity contribution in [1.82, 2.24) is 3.71 Å². The highest BCUT2D eigenvalue weighted by atomic mass is 35.5. The minimum Gasteiger partial charge on any atom is -0.211 e. The molecule has 1 atom stereocenters. The van der Waals surface area contributed by atoms with Crippen LogP contribution in [0, 0.1) is 11.3 Å². The van der Waals surface area contributed by atoms with Gasteiger partial charge in [-0.15, -0.1) is 3.71 Å². The number of hydrogen-bond acceptors (Lipinski definition) is 4. The average molecular weight is 324 g/mol. The quantitative estimate of drug-likeness (QED) is 0.730. The molecule has 0 N–H and O–H groups in total. The molecule has 0 aliphatic heterocycles. The van der Waals surface area contributed by atoms with Gasteiger partial charge in [-0.1, -0.05) is 34.8 Å². The van der Waals surface area contributed by atoms with Gasteiger partial charge in [-0.05, 0) is 25.8 Å². The summed E-state index contributed by atoms with van der Waals surface area (Å²) in [5, 5.41) is 8.72. The topological polar surface area (TPSA) is 61.2 Å². The summed E-state index contributed by atoms with van der Waals surface area (Å²) in [5.74, 6) is -0.143. The van der Waals surface area contributed by atoms with Crippen molar-refractivity contribution < 1.29 is 8.42 Å². The summed E-state index contributed by atoms with van der Waals surface area (Å²) in [6.45, 7) is 2.90. The van der Waals surface area contributed by atoms with Crippen molar-refractivity contribution in [3.8, 4) is 6.07 Å². The van der Waals surface area contributed by atoms with E-state index in [1.807, 2.05) is 6.07 Å². The van der Waals surface area contributed by atoms with Gasteiger partial charge in [0, 0.05) is 0 Å². The maximum absolute atomic E-state index is 11.6. The first-order chi connectivity index (χ1) is 7.26. The molecule has 0 spiro atoms. The molecule has 0 aliphatic rings. The van der Waals surface area contributed by atoms with Gasteiger partial charge in [-0.2, -0.15) is 5.26 Å². The Morgan fingerprint density at radius 3 is 2.31 bits per heavy atom. The maximum atomic E-state index is 11.6. The monoisotopic (exact) mass is 322 g/mol. The lowest BCUT2D eigenvalue weighted by molar-refractivity contribution is 0.527. The van der Waals surface area contributed by atoms with Crippen molar-refractivity contribution in [2.24, 2.45) is 0 Å². The van der Waals surface area contributed by atoms with Crippen LogP contribution in [0.15, 0.2) is 8.86 Å². The van der Waals surface area contributed by atoms with Crippen molar-refractivity contribution in [1.29, 1.82) is 5.26 Å². The van der Waals surface area contributed by atoms with Crippen LogP contribution in [0.4, 0.5) is 0 Å². The predicted octanol–water partition coefficient (Wildman–Crippen LogP) is 3.04. The minimum atomic E-state index is -3.56. The third kappa shape index (κ3) is 4.70. The molecule has 0 saturated carbocycles. The molecule has 4 nitrogen and oxygen atoms in total. The minimum absolute atomic E-state index is 0.0949. The normalized spacial score (nSPS) is 13.3. The lowest BCUT2D eigenvalue weighted by atomic mass is 10.4. The number of hydrogen-bond donors (Lipinski definition) is 0. The number of nitrogens with zero attached hydrogens (tertiary/aromatic N) is 2. The summed E-state index contributed by atoms with van der Waals surface area (Å²) in [6.07, 6.45) is 0. The van der Waals surface area contributed by atoms with Crippen LogP contribution in [0.1, 0.15) is 13.8 Å². The van der Waals surface area contributed by atoms with Crippen molar-refractivity contribution in [3.63, 3.8) is 0 Å². The molecule has 9 heteroatoms. The van der Waals surface area contributed by atoms with E-state index in [0.717, 1.165) is 3.71 Å². The van der Waals surface area contributed by atoms with Crippen LogP contribution in [0.2, 0.25) is 0 Å². The van der Waals surface area contributed by atoms with Crippen LogP contribution < -0.4 is 0 Å². The summed E-state index contributed by atoms with van der Waals surface area (Å²) in [7, 11) is -3.56. The van der Waals surface area contributed by atoms with Gasteiger partial charge < -0.3 is 0 Å². The summed E-state index contributed by atoms with van der Waals surface area (Å²) >= 11 is 17.1. The van der Waals surface area contributed by atoms with Crippen LogP contribution >= 0.6 is 46.8 Å². The smallest absolute Gasteiger partial charge is 0.211 e. The summed E-state index contributed by atoms with van der Waals surface area (Å²) in [5.41, 5.74) is 0. The fourth-order valence-electron chi connectivity index (χ4n) is 0.665. The van der Waals surface area contributed by atoms with Gasteiger partial charge in [-0.3, -0.25) is 0 Å². The third-order valence-corrected chi connectivity index (χ3v) is 6.01. The van der Waals surface area contributed by atoms with E-state index in [1.54, 1.807) is 0 Å². The number of nitriles is 1. The number of halogens is 3. The highest BCUT2D eigenvalue weighted by Gasteiger charge is 2.28. The molecule has 92 valence electrons. The number of rotatable bonds is 5. The van der Waals surface area contributed by atoms with Crippen LogP contribution in [0.3, 0.4) is 0 Å². The van der Waals surface area contributed by atoms with E-state index in [2.05, 4.69) is 0 Å². The van der Waals surface area contributed by atoms with E-state index in [0.29, 0.717) is 11.9 Å². The number of sulfonamides is 1. The lowest BCUT2D eigenvalue weighted by Gasteiger charge is -2.21. The van der Waals surface area contributed by atoms with Gasteiger partial charge in [0.1, 0.15) is 14.9 Å². The van der Waals surface area contributed by atoms with E-state index in [-0.39, 0.29) is 14.6 Å². The van der Waals surface area contributed by atoms with Crippen molar-refractivity contribution in [2.75, 3.05) is 5.75 Å². The van der Waals surface area contributed by atoms with Crippen molar-refractivity contribution in [2.45, 2.75) is 19.9 Å².